The van der Waals surface area contributed by atoms with Gasteiger partial charge in [0.1, 0.15) is 0 Å². The first-order valence-corrected chi connectivity index (χ1v) is 6.94. The maximum atomic E-state index is 10.8. The number of carboxylic acids is 1. The molecular formula is C13H26N2O3. The van der Waals surface area contributed by atoms with Gasteiger partial charge in [0.25, 0.3) is 0 Å². The fourth-order valence-electron chi connectivity index (χ4n) is 2.73. The lowest BCUT2D eigenvalue weighted by molar-refractivity contribution is -0.138. The number of rotatable bonds is 8. The average Bonchev–Trinajstić information content (AvgIpc) is 2.28. The summed E-state index contributed by atoms with van der Waals surface area (Å²) in [5, 5.41) is 21.1. The van der Waals surface area contributed by atoms with E-state index in [1.54, 1.807) is 0 Å². The molecule has 0 aliphatic carbocycles. The van der Waals surface area contributed by atoms with Crippen LogP contribution >= 0.6 is 0 Å². The van der Waals surface area contributed by atoms with Crippen LogP contribution in [0.1, 0.15) is 32.6 Å². The molecule has 0 radical (unpaired) electrons. The maximum absolute atomic E-state index is 10.8. The number of hydrogen-bond donors (Lipinski definition) is 3. The number of aliphatic carboxylic acids is 1. The molecule has 1 fully saturated rings. The second-order valence-electron chi connectivity index (χ2n) is 5.19. The molecule has 1 rings (SSSR count). The van der Waals surface area contributed by atoms with E-state index in [4.69, 9.17) is 10.2 Å². The zero-order valence-electron chi connectivity index (χ0n) is 11.3. The molecule has 0 bridgehead atoms. The van der Waals surface area contributed by atoms with E-state index < -0.39 is 5.97 Å². The van der Waals surface area contributed by atoms with Crippen LogP contribution in [0.3, 0.4) is 0 Å². The van der Waals surface area contributed by atoms with Crippen molar-refractivity contribution in [3.8, 4) is 0 Å². The predicted octanol–water partition coefficient (Wildman–Crippen LogP) is 0.534. The molecule has 2 unspecified atom stereocenters. The number of likely N-dealkylation sites (tertiary alicyclic amines) is 1. The zero-order chi connectivity index (χ0) is 13.4. The van der Waals surface area contributed by atoms with Crippen LogP contribution in [0.15, 0.2) is 0 Å². The molecule has 0 amide bonds. The van der Waals surface area contributed by atoms with Gasteiger partial charge < -0.3 is 20.4 Å². The van der Waals surface area contributed by atoms with Gasteiger partial charge in [-0.3, -0.25) is 4.79 Å². The lowest BCUT2D eigenvalue weighted by atomic mass is 9.91. The Kier molecular flexibility index (Phi) is 7.23. The Morgan fingerprint density at radius 1 is 1.44 bits per heavy atom. The van der Waals surface area contributed by atoms with Gasteiger partial charge in [0, 0.05) is 32.2 Å². The number of aliphatic hydroxyl groups is 1. The van der Waals surface area contributed by atoms with Crippen LogP contribution in [0.2, 0.25) is 0 Å². The summed E-state index contributed by atoms with van der Waals surface area (Å²) in [6.07, 6.45) is 3.05. The summed E-state index contributed by atoms with van der Waals surface area (Å²) >= 11 is 0. The molecule has 1 aliphatic rings. The number of aliphatic hydroxyl groups excluding tert-OH is 1. The van der Waals surface area contributed by atoms with Crippen molar-refractivity contribution in [1.82, 2.24) is 10.2 Å². The molecule has 0 aromatic carbocycles. The summed E-state index contributed by atoms with van der Waals surface area (Å²) in [5.41, 5.74) is 0. The summed E-state index contributed by atoms with van der Waals surface area (Å²) in [7, 11) is 0. The highest BCUT2D eigenvalue weighted by Crippen LogP contribution is 2.20. The Morgan fingerprint density at radius 2 is 2.22 bits per heavy atom. The number of carboxylic acid groups (broad SMARTS) is 1. The monoisotopic (exact) mass is 258 g/mol. The molecule has 0 aromatic rings. The Balaban J connectivity index is 2.42. The number of carbonyl (C=O) groups is 1. The van der Waals surface area contributed by atoms with Crippen molar-refractivity contribution in [1.29, 1.82) is 0 Å². The second kappa shape index (κ2) is 8.45. The SMILES string of the molecule is CCCN1CC(CC(=O)O)CC(NCCCO)C1. The molecule has 106 valence electrons. The third-order valence-electron chi connectivity index (χ3n) is 3.38. The molecule has 0 aromatic heterocycles. The smallest absolute Gasteiger partial charge is 0.303 e. The molecule has 5 nitrogen and oxygen atoms in total. The van der Waals surface area contributed by atoms with Gasteiger partial charge >= 0.3 is 5.97 Å². The fourth-order valence-corrected chi connectivity index (χ4v) is 2.73. The summed E-state index contributed by atoms with van der Waals surface area (Å²) < 4.78 is 0. The molecule has 1 aliphatic heterocycles. The normalized spacial score (nSPS) is 25.2. The van der Waals surface area contributed by atoms with E-state index in [2.05, 4.69) is 17.1 Å². The minimum absolute atomic E-state index is 0.205. The summed E-state index contributed by atoms with van der Waals surface area (Å²) in [5.74, 6) is -0.457. The predicted molar refractivity (Wildman–Crippen MR) is 70.6 cm³/mol. The zero-order valence-corrected chi connectivity index (χ0v) is 11.3. The van der Waals surface area contributed by atoms with Crippen molar-refractivity contribution in [2.75, 3.05) is 32.8 Å². The molecule has 0 spiro atoms. The van der Waals surface area contributed by atoms with Crippen molar-refractivity contribution in [2.24, 2.45) is 5.92 Å². The highest BCUT2D eigenvalue weighted by Gasteiger charge is 2.27. The lowest BCUT2D eigenvalue weighted by Crippen LogP contribution is -2.50. The Bertz CT molecular complexity index is 248. The van der Waals surface area contributed by atoms with Gasteiger partial charge in [-0.25, -0.2) is 0 Å². The third-order valence-corrected chi connectivity index (χ3v) is 3.38. The Hall–Kier alpha value is -0.650. The third kappa shape index (κ3) is 5.80. The van der Waals surface area contributed by atoms with Gasteiger partial charge in [-0.1, -0.05) is 6.92 Å². The van der Waals surface area contributed by atoms with Crippen LogP contribution < -0.4 is 5.32 Å². The van der Waals surface area contributed by atoms with Crippen LogP contribution in [0.4, 0.5) is 0 Å². The van der Waals surface area contributed by atoms with Crippen LogP contribution in [-0.4, -0.2) is 59.9 Å². The van der Waals surface area contributed by atoms with Crippen molar-refractivity contribution in [3.05, 3.63) is 0 Å². The number of hydrogen-bond acceptors (Lipinski definition) is 4. The first kappa shape index (κ1) is 15.4. The molecule has 0 saturated carbocycles. The fraction of sp³-hybridized carbons (Fsp3) is 0.923. The van der Waals surface area contributed by atoms with Crippen LogP contribution in [-0.2, 0) is 4.79 Å². The minimum Gasteiger partial charge on any atom is -0.481 e. The quantitative estimate of drug-likeness (QED) is 0.554. The average molecular weight is 258 g/mol. The Morgan fingerprint density at radius 3 is 2.83 bits per heavy atom. The molecule has 5 heteroatoms. The van der Waals surface area contributed by atoms with E-state index in [0.29, 0.717) is 6.04 Å². The van der Waals surface area contributed by atoms with Gasteiger partial charge in [0.05, 0.1) is 0 Å². The summed E-state index contributed by atoms with van der Waals surface area (Å²) in [6, 6.07) is 0.362. The largest absolute Gasteiger partial charge is 0.481 e. The molecule has 18 heavy (non-hydrogen) atoms. The van der Waals surface area contributed by atoms with E-state index in [1.807, 2.05) is 0 Å². The number of nitrogens with zero attached hydrogens (tertiary/aromatic N) is 1. The summed E-state index contributed by atoms with van der Waals surface area (Å²) in [6.45, 7) is 6.09. The van der Waals surface area contributed by atoms with Gasteiger partial charge in [-0.2, -0.15) is 0 Å². The van der Waals surface area contributed by atoms with E-state index >= 15 is 0 Å². The van der Waals surface area contributed by atoms with E-state index in [1.165, 1.54) is 0 Å². The first-order valence-electron chi connectivity index (χ1n) is 6.94. The van der Waals surface area contributed by atoms with Crippen LogP contribution in [0, 0.1) is 5.92 Å². The molecular weight excluding hydrogens is 232 g/mol. The molecule has 1 heterocycles. The minimum atomic E-state index is -0.701. The number of piperidine rings is 1. The maximum Gasteiger partial charge on any atom is 0.303 e. The summed E-state index contributed by atoms with van der Waals surface area (Å²) in [4.78, 5) is 13.2. The molecule has 3 N–H and O–H groups in total. The number of nitrogens with one attached hydrogen (secondary N) is 1. The topological polar surface area (TPSA) is 72.8 Å². The van der Waals surface area contributed by atoms with Crippen molar-refractivity contribution in [2.45, 2.75) is 38.6 Å². The standard InChI is InChI=1S/C13H26N2O3/c1-2-5-15-9-11(8-13(17)18)7-12(10-15)14-4-3-6-16/h11-12,14,16H,2-10H2,1H3,(H,17,18). The highest BCUT2D eigenvalue weighted by atomic mass is 16.4. The van der Waals surface area contributed by atoms with Crippen LogP contribution in [0.25, 0.3) is 0 Å². The highest BCUT2D eigenvalue weighted by molar-refractivity contribution is 5.67. The van der Waals surface area contributed by atoms with E-state index in [0.717, 1.165) is 45.4 Å². The van der Waals surface area contributed by atoms with Crippen LogP contribution in [0.5, 0.6) is 0 Å². The lowest BCUT2D eigenvalue weighted by Gasteiger charge is -2.37. The van der Waals surface area contributed by atoms with Crippen molar-refractivity contribution >= 4 is 5.97 Å². The molecule has 1 saturated heterocycles. The Labute approximate surface area is 109 Å². The molecule has 2 atom stereocenters. The van der Waals surface area contributed by atoms with Gasteiger partial charge in [-0.05, 0) is 38.3 Å². The van der Waals surface area contributed by atoms with Crippen molar-refractivity contribution in [3.63, 3.8) is 0 Å². The van der Waals surface area contributed by atoms with Gasteiger partial charge in [0.2, 0.25) is 0 Å². The van der Waals surface area contributed by atoms with E-state index in [9.17, 15) is 4.79 Å². The first-order chi connectivity index (χ1) is 8.65. The van der Waals surface area contributed by atoms with Gasteiger partial charge in [-0.15, -0.1) is 0 Å². The van der Waals surface area contributed by atoms with E-state index in [-0.39, 0.29) is 18.9 Å². The second-order valence-corrected chi connectivity index (χ2v) is 5.19. The van der Waals surface area contributed by atoms with Crippen molar-refractivity contribution < 1.29 is 15.0 Å². The van der Waals surface area contributed by atoms with Gasteiger partial charge in [0.15, 0.2) is 0 Å².